The summed E-state index contributed by atoms with van der Waals surface area (Å²) in [6, 6.07) is 6.83. The van der Waals surface area contributed by atoms with Crippen LogP contribution in [0.2, 0.25) is 0 Å². The minimum atomic E-state index is -0.635. The fraction of sp³-hybridized carbons (Fsp3) is 0.0833. The number of Topliss-reactive ketones (excluding diaryl/α,β-unsaturated/α-hetero) is 1. The third-order valence-electron chi connectivity index (χ3n) is 2.14. The van der Waals surface area contributed by atoms with E-state index in [2.05, 4.69) is 17.2 Å². The maximum atomic E-state index is 11.4. The lowest BCUT2D eigenvalue weighted by molar-refractivity contribution is -0.112. The largest absolute Gasteiger partial charge is 0.317 e. The molecule has 4 heteroatoms. The number of nitriles is 1. The summed E-state index contributed by atoms with van der Waals surface area (Å²) in [6.45, 7) is 0. The van der Waals surface area contributed by atoms with Crippen LogP contribution in [0, 0.1) is 23.2 Å². The van der Waals surface area contributed by atoms with Crippen LogP contribution in [0.4, 0.5) is 5.69 Å². The number of rotatable bonds is 0. The number of ketones is 1. The fourth-order valence-electron chi connectivity index (χ4n) is 1.45. The van der Waals surface area contributed by atoms with Gasteiger partial charge in [0.1, 0.15) is 0 Å². The Kier molecular flexibility index (Phi) is 2.41. The number of hydrogen-bond donors (Lipinski definition) is 1. The van der Waals surface area contributed by atoms with E-state index in [0.717, 1.165) is 0 Å². The van der Waals surface area contributed by atoms with Crippen molar-refractivity contribution in [3.63, 3.8) is 0 Å². The van der Waals surface area contributed by atoms with Crippen molar-refractivity contribution in [3.05, 3.63) is 29.3 Å². The lowest BCUT2D eigenvalue weighted by Crippen LogP contribution is -2.12. The molecule has 16 heavy (non-hydrogen) atoms. The maximum Gasteiger partial charge on any atom is 0.296 e. The molecular formula is C12H6N2O2. The van der Waals surface area contributed by atoms with E-state index >= 15 is 0 Å². The molecule has 76 valence electrons. The predicted molar refractivity (Wildman–Crippen MR) is 56.5 cm³/mol. The zero-order valence-electron chi connectivity index (χ0n) is 8.20. The van der Waals surface area contributed by atoms with Gasteiger partial charge in [0.2, 0.25) is 0 Å². The molecule has 1 aliphatic heterocycles. The van der Waals surface area contributed by atoms with E-state index in [1.807, 2.05) is 6.07 Å². The van der Waals surface area contributed by atoms with Crippen LogP contribution in [0.3, 0.4) is 0 Å². The molecule has 0 spiro atoms. The molecule has 1 aromatic rings. The van der Waals surface area contributed by atoms with Gasteiger partial charge in [0, 0.05) is 5.56 Å². The summed E-state index contributed by atoms with van der Waals surface area (Å²) >= 11 is 0. The predicted octanol–water partition coefficient (Wildman–Crippen LogP) is 1.09. The summed E-state index contributed by atoms with van der Waals surface area (Å²) in [7, 11) is 0. The van der Waals surface area contributed by atoms with Crippen LogP contribution in [0.1, 0.15) is 22.3 Å². The molecule has 0 radical (unpaired) electrons. The van der Waals surface area contributed by atoms with Crippen molar-refractivity contribution in [3.8, 4) is 17.9 Å². The Morgan fingerprint density at radius 3 is 2.88 bits per heavy atom. The number of amides is 1. The molecule has 4 nitrogen and oxygen atoms in total. The summed E-state index contributed by atoms with van der Waals surface area (Å²) in [5.74, 6) is 4.21. The Labute approximate surface area is 91.9 Å². The molecule has 0 aliphatic carbocycles. The van der Waals surface area contributed by atoms with E-state index in [1.54, 1.807) is 18.2 Å². The number of nitrogens with zero attached hydrogens (tertiary/aromatic N) is 1. The van der Waals surface area contributed by atoms with Crippen molar-refractivity contribution in [2.75, 3.05) is 5.32 Å². The zero-order valence-corrected chi connectivity index (χ0v) is 8.20. The molecule has 1 aromatic carbocycles. The average Bonchev–Trinajstić information content (AvgIpc) is 2.57. The van der Waals surface area contributed by atoms with Crippen molar-refractivity contribution < 1.29 is 9.59 Å². The molecule has 0 unspecified atom stereocenters. The summed E-state index contributed by atoms with van der Waals surface area (Å²) in [5.41, 5.74) is 1.35. The second-order valence-corrected chi connectivity index (χ2v) is 3.15. The first-order valence-corrected chi connectivity index (χ1v) is 4.58. The van der Waals surface area contributed by atoms with Gasteiger partial charge in [-0.1, -0.05) is 17.9 Å². The van der Waals surface area contributed by atoms with Gasteiger partial charge in [0.25, 0.3) is 11.7 Å². The maximum absolute atomic E-state index is 11.4. The Balaban J connectivity index is 2.46. The number of fused-ring (bicyclic) bond motifs is 1. The van der Waals surface area contributed by atoms with E-state index in [0.29, 0.717) is 16.8 Å². The van der Waals surface area contributed by atoms with Crippen LogP contribution in [0.5, 0.6) is 0 Å². The van der Waals surface area contributed by atoms with Gasteiger partial charge >= 0.3 is 0 Å². The third-order valence-corrected chi connectivity index (χ3v) is 2.14. The first-order valence-electron chi connectivity index (χ1n) is 4.58. The number of hydrogen-bond acceptors (Lipinski definition) is 3. The van der Waals surface area contributed by atoms with Crippen molar-refractivity contribution in [2.45, 2.75) is 6.42 Å². The van der Waals surface area contributed by atoms with Gasteiger partial charge in [-0.05, 0) is 12.1 Å². The monoisotopic (exact) mass is 210 g/mol. The molecule has 1 amide bonds. The number of anilines is 1. The topological polar surface area (TPSA) is 70.0 Å². The lowest BCUT2D eigenvalue weighted by atomic mass is 10.1. The van der Waals surface area contributed by atoms with E-state index in [4.69, 9.17) is 5.26 Å². The molecule has 0 atom stereocenters. The highest BCUT2D eigenvalue weighted by molar-refractivity contribution is 6.51. The van der Waals surface area contributed by atoms with Crippen molar-refractivity contribution >= 4 is 17.4 Å². The molecule has 1 heterocycles. The first kappa shape index (κ1) is 9.95. The molecule has 0 saturated heterocycles. The van der Waals surface area contributed by atoms with Crippen LogP contribution >= 0.6 is 0 Å². The minimum absolute atomic E-state index is 0.117. The van der Waals surface area contributed by atoms with Gasteiger partial charge in [0.05, 0.1) is 23.7 Å². The molecule has 0 saturated carbocycles. The number of nitrogens with one attached hydrogen (secondary N) is 1. The Bertz CT molecular complexity index is 585. The normalized spacial score (nSPS) is 12.2. The van der Waals surface area contributed by atoms with Crippen LogP contribution in [0.25, 0.3) is 0 Å². The molecule has 1 aliphatic rings. The number of carbonyl (C=O) groups excluding carboxylic acids is 2. The van der Waals surface area contributed by atoms with Crippen molar-refractivity contribution in [1.29, 1.82) is 5.26 Å². The molecule has 2 rings (SSSR count). The molecular weight excluding hydrogens is 204 g/mol. The smallest absolute Gasteiger partial charge is 0.296 e. The van der Waals surface area contributed by atoms with E-state index in [1.165, 1.54) is 0 Å². The van der Waals surface area contributed by atoms with Gasteiger partial charge < -0.3 is 5.32 Å². The van der Waals surface area contributed by atoms with E-state index in [9.17, 15) is 9.59 Å². The summed E-state index contributed by atoms with van der Waals surface area (Å²) in [4.78, 5) is 22.5. The van der Waals surface area contributed by atoms with Crippen LogP contribution < -0.4 is 5.32 Å². The van der Waals surface area contributed by atoms with Crippen molar-refractivity contribution in [2.24, 2.45) is 0 Å². The number of para-hydroxylation sites is 1. The number of carbonyl (C=O) groups is 2. The first-order chi connectivity index (χ1) is 7.74. The quantitative estimate of drug-likeness (QED) is 0.514. The second-order valence-electron chi connectivity index (χ2n) is 3.15. The second kappa shape index (κ2) is 3.88. The Morgan fingerprint density at radius 1 is 1.31 bits per heavy atom. The van der Waals surface area contributed by atoms with Crippen LogP contribution in [-0.4, -0.2) is 11.7 Å². The molecule has 0 aromatic heterocycles. The highest BCUT2D eigenvalue weighted by atomic mass is 16.2. The van der Waals surface area contributed by atoms with Gasteiger partial charge in [-0.2, -0.15) is 5.26 Å². The minimum Gasteiger partial charge on any atom is -0.317 e. The van der Waals surface area contributed by atoms with Gasteiger partial charge in [-0.3, -0.25) is 9.59 Å². The van der Waals surface area contributed by atoms with Gasteiger partial charge in [-0.15, -0.1) is 0 Å². The number of benzene rings is 1. The molecule has 1 N–H and O–H groups in total. The Hall–Kier alpha value is -2.59. The zero-order chi connectivity index (χ0) is 11.5. The van der Waals surface area contributed by atoms with Crippen LogP contribution in [0.15, 0.2) is 18.2 Å². The Morgan fingerprint density at radius 2 is 2.12 bits per heavy atom. The fourth-order valence-corrected chi connectivity index (χ4v) is 1.45. The molecule has 0 fully saturated rings. The van der Waals surface area contributed by atoms with Crippen molar-refractivity contribution in [1.82, 2.24) is 0 Å². The standard InChI is InChI=1S/C12H6N2O2/c13-7-2-1-4-8-5-3-6-9-10(8)14-12(16)11(9)15/h3,5-6H,2H2,(H,14,15,16). The van der Waals surface area contributed by atoms with Crippen LogP contribution in [-0.2, 0) is 4.79 Å². The average molecular weight is 210 g/mol. The summed E-state index contributed by atoms with van der Waals surface area (Å²) in [5, 5.41) is 10.8. The van der Waals surface area contributed by atoms with E-state index in [-0.39, 0.29) is 6.42 Å². The highest BCUT2D eigenvalue weighted by Crippen LogP contribution is 2.26. The molecule has 0 bridgehead atoms. The van der Waals surface area contributed by atoms with Gasteiger partial charge in [0.15, 0.2) is 0 Å². The third kappa shape index (κ3) is 1.53. The highest BCUT2D eigenvalue weighted by Gasteiger charge is 2.29. The van der Waals surface area contributed by atoms with E-state index < -0.39 is 11.7 Å². The summed E-state index contributed by atoms with van der Waals surface area (Å²) in [6.07, 6.45) is 0.117. The SMILES string of the molecule is N#CCC#Cc1cccc2c1NC(=O)C2=O. The van der Waals surface area contributed by atoms with Gasteiger partial charge in [-0.25, -0.2) is 0 Å². The summed E-state index contributed by atoms with van der Waals surface area (Å²) < 4.78 is 0. The lowest BCUT2D eigenvalue weighted by Gasteiger charge is -1.99.